The average Bonchev–Trinajstić information content (AvgIpc) is 2.17. The van der Waals surface area contributed by atoms with Crippen LogP contribution in [0.15, 0.2) is 40.9 Å². The molecule has 2 aromatic carbocycles. The minimum atomic E-state index is 0.639. The van der Waals surface area contributed by atoms with Gasteiger partial charge in [-0.25, -0.2) is 0 Å². The van der Waals surface area contributed by atoms with Crippen molar-refractivity contribution in [2.45, 2.75) is 6.92 Å². The highest BCUT2D eigenvalue weighted by atomic mass is 79.9. The van der Waals surface area contributed by atoms with Crippen LogP contribution in [-0.4, -0.2) is 0 Å². The number of rotatable bonds is 1. The fourth-order valence-electron chi connectivity index (χ4n) is 1.46. The topological polar surface area (TPSA) is 0 Å². The number of aryl methyl sites for hydroxylation is 1. The molecule has 0 fully saturated rings. The first-order valence-corrected chi connectivity index (χ1v) is 5.77. The maximum absolute atomic E-state index is 5.91. The smallest absolute Gasteiger partial charge is 0.0491 e. The molecule has 0 aliphatic heterocycles. The molecule has 0 atom stereocenters. The quantitative estimate of drug-likeness (QED) is 0.698. The van der Waals surface area contributed by atoms with Gasteiger partial charge in [0.15, 0.2) is 0 Å². The van der Waals surface area contributed by atoms with Crippen molar-refractivity contribution in [2.75, 3.05) is 0 Å². The van der Waals surface area contributed by atoms with Gasteiger partial charge in [-0.1, -0.05) is 51.8 Å². The van der Waals surface area contributed by atoms with Crippen LogP contribution in [0.5, 0.6) is 0 Å². The molecule has 0 spiro atoms. The number of halogens is 2. The molecular formula is C13H9BrCl. The van der Waals surface area contributed by atoms with Crippen LogP contribution in [0, 0.1) is 13.0 Å². The van der Waals surface area contributed by atoms with Crippen molar-refractivity contribution in [2.24, 2.45) is 0 Å². The van der Waals surface area contributed by atoms with Crippen LogP contribution in [0.1, 0.15) is 5.56 Å². The summed E-state index contributed by atoms with van der Waals surface area (Å²) in [4.78, 5) is 0. The van der Waals surface area contributed by atoms with Crippen molar-refractivity contribution < 1.29 is 0 Å². The van der Waals surface area contributed by atoms with Gasteiger partial charge in [0.05, 0.1) is 0 Å². The maximum Gasteiger partial charge on any atom is 0.0491 e. The number of hydrogen-bond donors (Lipinski definition) is 0. The summed E-state index contributed by atoms with van der Waals surface area (Å²) in [6, 6.07) is 14.9. The van der Waals surface area contributed by atoms with E-state index in [9.17, 15) is 0 Å². The molecule has 0 heterocycles. The van der Waals surface area contributed by atoms with Crippen LogP contribution in [0.2, 0.25) is 5.02 Å². The van der Waals surface area contributed by atoms with Gasteiger partial charge in [0, 0.05) is 15.6 Å². The summed E-state index contributed by atoms with van der Waals surface area (Å²) in [6.45, 7) is 2.07. The second kappa shape index (κ2) is 4.38. The molecule has 75 valence electrons. The van der Waals surface area contributed by atoms with Gasteiger partial charge in [-0.2, -0.15) is 0 Å². The fraction of sp³-hybridized carbons (Fsp3) is 0.0769. The van der Waals surface area contributed by atoms with Gasteiger partial charge >= 0.3 is 0 Å². The predicted octanol–water partition coefficient (Wildman–Crippen LogP) is 4.88. The Morgan fingerprint density at radius 3 is 2.67 bits per heavy atom. The monoisotopic (exact) mass is 279 g/mol. The van der Waals surface area contributed by atoms with Crippen molar-refractivity contribution in [3.8, 4) is 11.1 Å². The lowest BCUT2D eigenvalue weighted by atomic mass is 10.0. The fourth-order valence-corrected chi connectivity index (χ4v) is 2.36. The highest BCUT2D eigenvalue weighted by Gasteiger charge is 2.03. The highest BCUT2D eigenvalue weighted by molar-refractivity contribution is 9.10. The molecule has 0 aromatic heterocycles. The third-order valence-electron chi connectivity index (χ3n) is 2.20. The number of hydrogen-bond acceptors (Lipinski definition) is 0. The van der Waals surface area contributed by atoms with Gasteiger partial charge in [-0.05, 0) is 35.7 Å². The van der Waals surface area contributed by atoms with Crippen LogP contribution in [0.3, 0.4) is 0 Å². The van der Waals surface area contributed by atoms with Crippen LogP contribution < -0.4 is 0 Å². The zero-order chi connectivity index (χ0) is 10.8. The van der Waals surface area contributed by atoms with Crippen molar-refractivity contribution in [3.05, 3.63) is 57.5 Å². The summed E-state index contributed by atoms with van der Waals surface area (Å²) in [6.07, 6.45) is 0. The Morgan fingerprint density at radius 1 is 1.20 bits per heavy atom. The molecule has 0 saturated carbocycles. The molecule has 0 nitrogen and oxygen atoms in total. The number of benzene rings is 2. The molecule has 0 amide bonds. The van der Waals surface area contributed by atoms with E-state index in [1.54, 1.807) is 0 Å². The van der Waals surface area contributed by atoms with E-state index in [1.165, 1.54) is 5.56 Å². The Morgan fingerprint density at radius 2 is 2.00 bits per heavy atom. The Hall–Kier alpha value is -0.790. The Balaban J connectivity index is 2.54. The van der Waals surface area contributed by atoms with E-state index in [0.29, 0.717) is 5.02 Å². The molecular weight excluding hydrogens is 272 g/mol. The first-order valence-electron chi connectivity index (χ1n) is 4.60. The van der Waals surface area contributed by atoms with Gasteiger partial charge < -0.3 is 0 Å². The van der Waals surface area contributed by atoms with E-state index in [-0.39, 0.29) is 0 Å². The van der Waals surface area contributed by atoms with E-state index < -0.39 is 0 Å². The second-order valence-corrected chi connectivity index (χ2v) is 4.67. The van der Waals surface area contributed by atoms with E-state index in [1.807, 2.05) is 18.2 Å². The van der Waals surface area contributed by atoms with E-state index in [4.69, 9.17) is 11.6 Å². The van der Waals surface area contributed by atoms with Crippen molar-refractivity contribution in [3.63, 3.8) is 0 Å². The van der Waals surface area contributed by atoms with E-state index in [2.05, 4.69) is 47.1 Å². The largest absolute Gasteiger partial charge is 0.0836 e. The van der Waals surface area contributed by atoms with E-state index >= 15 is 0 Å². The molecule has 0 saturated heterocycles. The lowest BCUT2D eigenvalue weighted by Crippen LogP contribution is -1.81. The van der Waals surface area contributed by atoms with Gasteiger partial charge in [-0.3, -0.25) is 0 Å². The SMILES string of the molecule is Cc1ccc(-c2cc[c]c(Cl)c2)c(Br)c1. The predicted molar refractivity (Wildman–Crippen MR) is 68.2 cm³/mol. The zero-order valence-corrected chi connectivity index (χ0v) is 10.6. The summed E-state index contributed by atoms with van der Waals surface area (Å²) in [7, 11) is 0. The molecule has 0 aliphatic rings. The Kier molecular flexibility index (Phi) is 3.13. The normalized spacial score (nSPS) is 10.3. The lowest BCUT2D eigenvalue weighted by Gasteiger charge is -2.05. The van der Waals surface area contributed by atoms with E-state index in [0.717, 1.165) is 15.6 Å². The molecule has 2 rings (SSSR count). The minimum absolute atomic E-state index is 0.639. The molecule has 15 heavy (non-hydrogen) atoms. The maximum atomic E-state index is 5.91. The second-order valence-electron chi connectivity index (χ2n) is 3.41. The molecule has 0 aliphatic carbocycles. The molecule has 1 radical (unpaired) electrons. The van der Waals surface area contributed by atoms with Crippen molar-refractivity contribution >= 4 is 27.5 Å². The molecule has 0 N–H and O–H groups in total. The van der Waals surface area contributed by atoms with Gasteiger partial charge in [-0.15, -0.1) is 0 Å². The third-order valence-corrected chi connectivity index (χ3v) is 3.08. The molecule has 0 unspecified atom stereocenters. The Labute approximate surface area is 103 Å². The summed E-state index contributed by atoms with van der Waals surface area (Å²) < 4.78 is 1.09. The van der Waals surface area contributed by atoms with Crippen LogP contribution in [-0.2, 0) is 0 Å². The summed E-state index contributed by atoms with van der Waals surface area (Å²) in [5, 5.41) is 0.639. The Bertz CT molecular complexity index is 492. The van der Waals surface area contributed by atoms with Gasteiger partial charge in [0.2, 0.25) is 0 Å². The van der Waals surface area contributed by atoms with Gasteiger partial charge in [0.1, 0.15) is 0 Å². The average molecular weight is 281 g/mol. The van der Waals surface area contributed by atoms with Crippen molar-refractivity contribution in [1.29, 1.82) is 0 Å². The van der Waals surface area contributed by atoms with Gasteiger partial charge in [0.25, 0.3) is 0 Å². The standard InChI is InChI=1S/C13H9BrCl/c1-9-5-6-12(13(14)7-9)10-3-2-4-11(15)8-10/h2-3,5-8H,1H3. The summed E-state index contributed by atoms with van der Waals surface area (Å²) >= 11 is 9.46. The molecule has 2 heteroatoms. The summed E-state index contributed by atoms with van der Waals surface area (Å²) in [5.74, 6) is 0. The van der Waals surface area contributed by atoms with Crippen LogP contribution in [0.4, 0.5) is 0 Å². The third kappa shape index (κ3) is 2.42. The first kappa shape index (κ1) is 10.7. The molecule has 2 aromatic rings. The highest BCUT2D eigenvalue weighted by Crippen LogP contribution is 2.30. The lowest BCUT2D eigenvalue weighted by molar-refractivity contribution is 1.45. The van der Waals surface area contributed by atoms with Crippen LogP contribution >= 0.6 is 27.5 Å². The zero-order valence-electron chi connectivity index (χ0n) is 8.22. The summed E-state index contributed by atoms with van der Waals surface area (Å²) in [5.41, 5.74) is 3.49. The minimum Gasteiger partial charge on any atom is -0.0836 e. The molecule has 0 bridgehead atoms. The van der Waals surface area contributed by atoms with Crippen LogP contribution in [0.25, 0.3) is 11.1 Å². The first-order chi connectivity index (χ1) is 7.16. The van der Waals surface area contributed by atoms with Crippen molar-refractivity contribution in [1.82, 2.24) is 0 Å².